The average molecular weight is 367 g/mol. The Balaban J connectivity index is 0.00000312. The number of rotatable bonds is 3. The fraction of sp³-hybridized carbons (Fsp3) is 0.353. The van der Waals surface area contributed by atoms with E-state index in [1.54, 1.807) is 25.1 Å². The van der Waals surface area contributed by atoms with Crippen LogP contribution in [0, 0.1) is 6.92 Å². The summed E-state index contributed by atoms with van der Waals surface area (Å²) in [5.41, 5.74) is 6.26. The molecule has 1 aromatic carbocycles. The second-order valence-corrected chi connectivity index (χ2v) is 6.54. The smallest absolute Gasteiger partial charge is 0.264 e. The highest BCUT2D eigenvalue weighted by molar-refractivity contribution is 6.05. The lowest BCUT2D eigenvalue weighted by molar-refractivity contribution is 0.102. The van der Waals surface area contributed by atoms with Crippen LogP contribution in [0.5, 0.6) is 5.75 Å². The molecule has 1 heterocycles. The number of nitrogens with one attached hydrogen (secondary N) is 2. The van der Waals surface area contributed by atoms with Crippen molar-refractivity contribution < 1.29 is 9.53 Å². The summed E-state index contributed by atoms with van der Waals surface area (Å²) in [5, 5.41) is 2.66. The number of nitrogens with two attached hydrogens (primary N) is 1. The van der Waals surface area contributed by atoms with E-state index >= 15 is 0 Å². The third-order valence-electron chi connectivity index (χ3n) is 3.53. The highest BCUT2D eigenvalue weighted by atomic mass is 35.5. The quantitative estimate of drug-likeness (QED) is 0.723. The molecule has 7 nitrogen and oxygen atoms in total. The van der Waals surface area contributed by atoms with Crippen molar-refractivity contribution in [3.63, 3.8) is 0 Å². The van der Waals surface area contributed by atoms with Gasteiger partial charge in [0.15, 0.2) is 0 Å². The minimum absolute atomic E-state index is 0. The summed E-state index contributed by atoms with van der Waals surface area (Å²) < 4.78 is 5.07. The van der Waals surface area contributed by atoms with Gasteiger partial charge in [-0.25, -0.2) is 4.98 Å². The summed E-state index contributed by atoms with van der Waals surface area (Å²) in [6.45, 7) is 7.45. The number of carbonyl (C=O) groups excluding carboxylic acids is 1. The standard InChI is InChI=1S/C17H22N4O3.ClH/c1-9-13(15(23)21-16(19-9)17(2,3)4)14(22)20-10-6-7-12(24-5)11(18)8-10;/h6-8H,18H2,1-5H3,(H,20,22)(H,19,21,23);1H. The number of methoxy groups -OCH3 is 1. The van der Waals surface area contributed by atoms with E-state index in [4.69, 9.17) is 10.5 Å². The molecule has 2 rings (SSSR count). The molecule has 2 aromatic rings. The van der Waals surface area contributed by atoms with Gasteiger partial charge in [0, 0.05) is 11.1 Å². The first kappa shape index (κ1) is 20.5. The lowest BCUT2D eigenvalue weighted by atomic mass is 9.95. The van der Waals surface area contributed by atoms with Crippen molar-refractivity contribution in [1.82, 2.24) is 9.97 Å². The second-order valence-electron chi connectivity index (χ2n) is 6.54. The lowest BCUT2D eigenvalue weighted by Crippen LogP contribution is -2.30. The van der Waals surface area contributed by atoms with E-state index in [0.29, 0.717) is 28.6 Å². The molecule has 0 fully saturated rings. The maximum atomic E-state index is 12.4. The van der Waals surface area contributed by atoms with Crippen molar-refractivity contribution >= 4 is 29.7 Å². The number of halogens is 1. The zero-order valence-electron chi connectivity index (χ0n) is 14.9. The first-order valence-electron chi connectivity index (χ1n) is 7.49. The Morgan fingerprint density at radius 3 is 2.44 bits per heavy atom. The highest BCUT2D eigenvalue weighted by Gasteiger charge is 2.22. The minimum atomic E-state index is -0.536. The Labute approximate surface area is 152 Å². The van der Waals surface area contributed by atoms with Gasteiger partial charge in [-0.15, -0.1) is 12.4 Å². The molecule has 0 atom stereocenters. The van der Waals surface area contributed by atoms with E-state index in [2.05, 4.69) is 15.3 Å². The third-order valence-corrected chi connectivity index (χ3v) is 3.53. The van der Waals surface area contributed by atoms with Gasteiger partial charge < -0.3 is 20.8 Å². The lowest BCUT2D eigenvalue weighted by Gasteiger charge is -2.18. The molecule has 0 aliphatic carbocycles. The summed E-state index contributed by atoms with van der Waals surface area (Å²) in [6.07, 6.45) is 0. The zero-order valence-corrected chi connectivity index (χ0v) is 15.7. The van der Waals surface area contributed by atoms with E-state index < -0.39 is 11.5 Å². The van der Waals surface area contributed by atoms with Crippen LogP contribution in [-0.4, -0.2) is 23.0 Å². The Morgan fingerprint density at radius 1 is 1.32 bits per heavy atom. The molecule has 1 amide bonds. The number of aryl methyl sites for hydroxylation is 1. The molecule has 0 aliphatic heterocycles. The molecule has 8 heteroatoms. The van der Waals surface area contributed by atoms with Gasteiger partial charge in [0.2, 0.25) is 0 Å². The number of aromatic amines is 1. The van der Waals surface area contributed by atoms with Crippen molar-refractivity contribution in [1.29, 1.82) is 0 Å². The van der Waals surface area contributed by atoms with Gasteiger partial charge in [0.25, 0.3) is 11.5 Å². The van der Waals surface area contributed by atoms with Crippen molar-refractivity contribution in [2.45, 2.75) is 33.1 Å². The number of aromatic nitrogens is 2. The first-order chi connectivity index (χ1) is 11.1. The number of amides is 1. The number of anilines is 2. The molecule has 0 saturated heterocycles. The zero-order chi connectivity index (χ0) is 18.1. The van der Waals surface area contributed by atoms with Crippen LogP contribution in [0.4, 0.5) is 11.4 Å². The SMILES string of the molecule is COc1ccc(NC(=O)c2c(C)nc(C(C)(C)C)[nH]c2=O)cc1N.Cl. The summed E-state index contributed by atoms with van der Waals surface area (Å²) in [7, 11) is 1.51. The molecular formula is C17H23ClN4O3. The number of nitrogen functional groups attached to an aromatic ring is 1. The number of ether oxygens (including phenoxy) is 1. The fourth-order valence-electron chi connectivity index (χ4n) is 2.21. The third kappa shape index (κ3) is 4.51. The van der Waals surface area contributed by atoms with E-state index in [-0.39, 0.29) is 23.4 Å². The summed E-state index contributed by atoms with van der Waals surface area (Å²) in [5.74, 6) is 0.514. The van der Waals surface area contributed by atoms with Crippen LogP contribution in [-0.2, 0) is 5.41 Å². The Bertz CT molecular complexity index is 841. The Kier molecular flexibility index (Phi) is 6.20. The molecule has 0 saturated carbocycles. The van der Waals surface area contributed by atoms with Crippen molar-refractivity contribution in [2.75, 3.05) is 18.2 Å². The maximum Gasteiger partial charge on any atom is 0.264 e. The Hall–Kier alpha value is -2.54. The topological polar surface area (TPSA) is 110 Å². The number of hydrogen-bond acceptors (Lipinski definition) is 5. The number of nitrogens with zero attached hydrogens (tertiary/aromatic N) is 1. The number of H-pyrrole nitrogens is 1. The molecule has 25 heavy (non-hydrogen) atoms. The van der Waals surface area contributed by atoms with Crippen molar-refractivity contribution in [2.24, 2.45) is 0 Å². The summed E-state index contributed by atoms with van der Waals surface area (Å²) in [6, 6.07) is 4.85. The second kappa shape index (κ2) is 7.57. The molecule has 0 unspecified atom stereocenters. The summed E-state index contributed by atoms with van der Waals surface area (Å²) >= 11 is 0. The molecule has 0 aliphatic rings. The van der Waals surface area contributed by atoms with Gasteiger partial charge in [0.1, 0.15) is 17.1 Å². The van der Waals surface area contributed by atoms with Gasteiger partial charge in [-0.05, 0) is 25.1 Å². The van der Waals surface area contributed by atoms with Gasteiger partial charge in [0.05, 0.1) is 18.5 Å². The van der Waals surface area contributed by atoms with Crippen molar-refractivity contribution in [3.8, 4) is 5.75 Å². The van der Waals surface area contributed by atoms with E-state index in [1.165, 1.54) is 7.11 Å². The Morgan fingerprint density at radius 2 is 1.96 bits per heavy atom. The van der Waals surface area contributed by atoms with Gasteiger partial charge in [-0.2, -0.15) is 0 Å². The molecule has 0 spiro atoms. The van der Waals surface area contributed by atoms with E-state index in [0.717, 1.165) is 0 Å². The molecule has 1 aromatic heterocycles. The largest absolute Gasteiger partial charge is 0.495 e. The maximum absolute atomic E-state index is 12.4. The van der Waals surface area contributed by atoms with E-state index in [1.807, 2.05) is 20.8 Å². The minimum Gasteiger partial charge on any atom is -0.495 e. The highest BCUT2D eigenvalue weighted by Crippen LogP contribution is 2.25. The molecule has 4 N–H and O–H groups in total. The van der Waals surface area contributed by atoms with Gasteiger partial charge in [-0.3, -0.25) is 9.59 Å². The van der Waals surface area contributed by atoms with Crippen LogP contribution in [0.15, 0.2) is 23.0 Å². The average Bonchev–Trinajstić information content (AvgIpc) is 2.45. The van der Waals surface area contributed by atoms with Crippen LogP contribution < -0.4 is 21.3 Å². The first-order valence-corrected chi connectivity index (χ1v) is 7.49. The van der Waals surface area contributed by atoms with Gasteiger partial charge in [-0.1, -0.05) is 20.8 Å². The van der Waals surface area contributed by atoms with E-state index in [9.17, 15) is 9.59 Å². The molecule has 136 valence electrons. The number of benzene rings is 1. The predicted molar refractivity (Wildman–Crippen MR) is 101 cm³/mol. The number of hydrogen-bond donors (Lipinski definition) is 3. The molecular weight excluding hydrogens is 344 g/mol. The predicted octanol–water partition coefficient (Wildman–Crippen LogP) is 2.64. The van der Waals surface area contributed by atoms with Crippen LogP contribution in [0.2, 0.25) is 0 Å². The fourth-order valence-corrected chi connectivity index (χ4v) is 2.21. The molecule has 0 radical (unpaired) electrons. The van der Waals surface area contributed by atoms with Crippen molar-refractivity contribution in [3.05, 3.63) is 45.6 Å². The van der Waals surface area contributed by atoms with Crippen LogP contribution in [0.1, 0.15) is 42.6 Å². The monoisotopic (exact) mass is 366 g/mol. The van der Waals surface area contributed by atoms with Crippen LogP contribution in [0.3, 0.4) is 0 Å². The summed E-state index contributed by atoms with van der Waals surface area (Å²) in [4.78, 5) is 31.8. The van der Waals surface area contributed by atoms with Crippen LogP contribution >= 0.6 is 12.4 Å². The van der Waals surface area contributed by atoms with Crippen LogP contribution in [0.25, 0.3) is 0 Å². The van der Waals surface area contributed by atoms with Gasteiger partial charge >= 0.3 is 0 Å². The number of carbonyl (C=O) groups is 1. The normalized spacial score (nSPS) is 10.8. The molecule has 0 bridgehead atoms.